The summed E-state index contributed by atoms with van der Waals surface area (Å²) < 4.78 is 10.6. The Morgan fingerprint density at radius 3 is 2.11 bits per heavy atom. The minimum absolute atomic E-state index is 0.0854. The molecule has 240 valence electrons. The average molecular weight is 621 g/mol. The Morgan fingerprint density at radius 2 is 1.47 bits per heavy atom. The maximum absolute atomic E-state index is 13.6. The summed E-state index contributed by atoms with van der Waals surface area (Å²) in [4.78, 5) is 68.9. The molecule has 0 fully saturated rings. The van der Waals surface area contributed by atoms with Gasteiger partial charge in [0.05, 0.1) is 11.9 Å². The van der Waals surface area contributed by atoms with Crippen molar-refractivity contribution < 1.29 is 38.6 Å². The topological polar surface area (TPSA) is 173 Å². The minimum atomic E-state index is -1.48. The van der Waals surface area contributed by atoms with Crippen molar-refractivity contribution in [2.75, 3.05) is 0 Å². The van der Waals surface area contributed by atoms with Gasteiger partial charge in [0.25, 0.3) is 0 Å². The van der Waals surface area contributed by atoms with E-state index in [1.807, 2.05) is 30.3 Å². The lowest BCUT2D eigenvalue weighted by Crippen LogP contribution is -2.57. The van der Waals surface area contributed by atoms with Crippen LogP contribution in [0, 0.1) is 5.92 Å². The van der Waals surface area contributed by atoms with Gasteiger partial charge in [0.15, 0.2) is 0 Å². The highest BCUT2D eigenvalue weighted by atomic mass is 16.6. The maximum atomic E-state index is 13.6. The second-order valence-electron chi connectivity index (χ2n) is 11.9. The first kappa shape index (κ1) is 34.5. The number of rotatable bonds is 13. The molecule has 1 heterocycles. The highest BCUT2D eigenvalue weighted by molar-refractivity contribution is 5.94. The third-order valence-corrected chi connectivity index (χ3v) is 6.54. The number of amides is 3. The number of carboxylic acid groups (broad SMARTS) is 1. The number of carbonyl (C=O) groups excluding carboxylic acids is 4. The number of ether oxygens (including phenoxy) is 2. The molecule has 0 saturated carbocycles. The Kier molecular flexibility index (Phi) is 12.0. The third-order valence-electron chi connectivity index (χ3n) is 6.54. The van der Waals surface area contributed by atoms with E-state index in [-0.39, 0.29) is 13.0 Å². The number of alkyl carbamates (subject to hydrolysis) is 1. The van der Waals surface area contributed by atoms with Crippen molar-refractivity contribution in [3.63, 3.8) is 0 Å². The highest BCUT2D eigenvalue weighted by Crippen LogP contribution is 2.14. The molecule has 3 atom stereocenters. The van der Waals surface area contributed by atoms with E-state index in [0.29, 0.717) is 16.8 Å². The molecule has 45 heavy (non-hydrogen) atoms. The van der Waals surface area contributed by atoms with E-state index in [1.54, 1.807) is 71.0 Å². The van der Waals surface area contributed by atoms with Crippen LogP contribution in [0.4, 0.5) is 4.79 Å². The van der Waals surface area contributed by atoms with E-state index in [1.165, 1.54) is 0 Å². The molecule has 0 unspecified atom stereocenters. The van der Waals surface area contributed by atoms with E-state index in [9.17, 15) is 29.1 Å². The number of nitrogens with zero attached hydrogens (tertiary/aromatic N) is 1. The molecule has 12 heteroatoms. The summed E-state index contributed by atoms with van der Waals surface area (Å²) in [6.45, 7) is 8.17. The summed E-state index contributed by atoms with van der Waals surface area (Å²) in [6, 6.07) is 15.7. The lowest BCUT2D eigenvalue weighted by Gasteiger charge is -2.26. The second-order valence-corrected chi connectivity index (χ2v) is 11.9. The van der Waals surface area contributed by atoms with Crippen molar-refractivity contribution in [3.05, 3.63) is 78.0 Å². The zero-order valence-corrected chi connectivity index (χ0v) is 26.0. The van der Waals surface area contributed by atoms with E-state index in [2.05, 4.69) is 20.9 Å². The van der Waals surface area contributed by atoms with Gasteiger partial charge in [0.2, 0.25) is 11.8 Å². The van der Waals surface area contributed by atoms with Crippen LogP contribution in [0.2, 0.25) is 0 Å². The molecule has 12 nitrogen and oxygen atoms in total. The van der Waals surface area contributed by atoms with Crippen molar-refractivity contribution in [3.8, 4) is 0 Å². The van der Waals surface area contributed by atoms with Crippen LogP contribution in [0.15, 0.2) is 66.7 Å². The summed E-state index contributed by atoms with van der Waals surface area (Å²) in [5.41, 5.74) is 0.957. The third kappa shape index (κ3) is 11.2. The average Bonchev–Trinajstić information content (AvgIpc) is 2.97. The van der Waals surface area contributed by atoms with Gasteiger partial charge in [-0.25, -0.2) is 9.59 Å². The van der Waals surface area contributed by atoms with Crippen molar-refractivity contribution in [1.82, 2.24) is 20.9 Å². The Labute approximate surface area is 261 Å². The molecule has 0 aliphatic rings. The maximum Gasteiger partial charge on any atom is 0.408 e. The number of aliphatic carboxylic acids is 1. The zero-order chi connectivity index (χ0) is 33.1. The van der Waals surface area contributed by atoms with Crippen LogP contribution in [0.1, 0.15) is 52.3 Å². The number of carbonyl (C=O) groups is 5. The Bertz CT molecular complexity index is 1500. The minimum Gasteiger partial charge on any atom is -0.480 e. The molecule has 0 radical (unpaired) electrons. The molecule has 3 amide bonds. The van der Waals surface area contributed by atoms with Crippen molar-refractivity contribution in [1.29, 1.82) is 0 Å². The first-order chi connectivity index (χ1) is 21.2. The summed E-state index contributed by atoms with van der Waals surface area (Å²) in [5.74, 6) is -4.12. The van der Waals surface area contributed by atoms with Crippen LogP contribution in [0.5, 0.6) is 0 Å². The number of fused-ring (bicyclic) bond motifs is 1. The molecular formula is C33H40N4O8. The van der Waals surface area contributed by atoms with Crippen LogP contribution in [-0.2, 0) is 41.7 Å². The molecule has 2 aromatic carbocycles. The molecule has 3 rings (SSSR count). The van der Waals surface area contributed by atoms with Gasteiger partial charge in [-0.3, -0.25) is 19.4 Å². The number of esters is 1. The van der Waals surface area contributed by atoms with Gasteiger partial charge < -0.3 is 30.5 Å². The molecule has 0 aliphatic carbocycles. The van der Waals surface area contributed by atoms with Gasteiger partial charge in [0.1, 0.15) is 30.3 Å². The van der Waals surface area contributed by atoms with Gasteiger partial charge in [-0.1, -0.05) is 68.4 Å². The number of aromatic nitrogens is 1. The molecule has 3 aromatic rings. The fourth-order valence-corrected chi connectivity index (χ4v) is 4.35. The number of benzene rings is 2. The first-order valence-corrected chi connectivity index (χ1v) is 14.6. The molecule has 0 bridgehead atoms. The smallest absolute Gasteiger partial charge is 0.408 e. The molecule has 0 saturated heterocycles. The van der Waals surface area contributed by atoms with Gasteiger partial charge in [0, 0.05) is 17.5 Å². The molecule has 0 aliphatic heterocycles. The van der Waals surface area contributed by atoms with Gasteiger partial charge in [-0.2, -0.15) is 0 Å². The summed E-state index contributed by atoms with van der Waals surface area (Å²) in [6.07, 6.45) is -1.63. The normalized spacial score (nSPS) is 13.3. The van der Waals surface area contributed by atoms with Crippen LogP contribution in [0.25, 0.3) is 10.9 Å². The first-order valence-electron chi connectivity index (χ1n) is 14.6. The number of hydrogen-bond acceptors (Lipinski definition) is 8. The zero-order valence-electron chi connectivity index (χ0n) is 26.0. The Morgan fingerprint density at radius 1 is 0.822 bits per heavy atom. The van der Waals surface area contributed by atoms with Gasteiger partial charge in [-0.15, -0.1) is 0 Å². The molecule has 4 N–H and O–H groups in total. The predicted molar refractivity (Wildman–Crippen MR) is 166 cm³/mol. The largest absolute Gasteiger partial charge is 0.480 e. The standard InChI is InChI=1S/C33H40N4O8/c1-20(2)28(31(41)42)37-30(40)25(17-23-16-15-22-13-9-10-14-24(22)34-23)35-29(39)26(18-27(38)45-33(3,4)5)36-32(43)44-19-21-11-7-6-8-12-21/h6-16,20,25-26,28H,17-19H2,1-5H3,(H,35,39)(H,36,43)(H,37,40)(H,41,42)/t25-,26-,28-/m0/s1. The Balaban J connectivity index is 1.85. The number of pyridine rings is 1. The number of hydrogen-bond donors (Lipinski definition) is 4. The van der Waals surface area contributed by atoms with Gasteiger partial charge in [-0.05, 0) is 44.4 Å². The monoisotopic (exact) mass is 620 g/mol. The van der Waals surface area contributed by atoms with Crippen LogP contribution < -0.4 is 16.0 Å². The van der Waals surface area contributed by atoms with E-state index >= 15 is 0 Å². The van der Waals surface area contributed by atoms with Crippen molar-refractivity contribution >= 4 is 40.7 Å². The second kappa shape index (κ2) is 15.6. The fourth-order valence-electron chi connectivity index (χ4n) is 4.35. The highest BCUT2D eigenvalue weighted by Gasteiger charge is 2.33. The van der Waals surface area contributed by atoms with E-state index in [4.69, 9.17) is 9.47 Å². The van der Waals surface area contributed by atoms with Crippen LogP contribution in [0.3, 0.4) is 0 Å². The predicted octanol–water partition coefficient (Wildman–Crippen LogP) is 3.51. The number of para-hydroxylation sites is 1. The number of nitrogens with one attached hydrogen (secondary N) is 3. The van der Waals surface area contributed by atoms with E-state index < -0.39 is 65.9 Å². The molecular weight excluding hydrogens is 580 g/mol. The summed E-state index contributed by atoms with van der Waals surface area (Å²) in [7, 11) is 0. The van der Waals surface area contributed by atoms with Crippen molar-refractivity contribution in [2.45, 2.75) is 77.8 Å². The molecule has 1 aromatic heterocycles. The summed E-state index contributed by atoms with van der Waals surface area (Å²) >= 11 is 0. The lowest BCUT2D eigenvalue weighted by atomic mass is 10.0. The lowest BCUT2D eigenvalue weighted by molar-refractivity contribution is -0.156. The fraction of sp³-hybridized carbons (Fsp3) is 0.394. The SMILES string of the molecule is CC(C)[C@H](NC(=O)[C@H](Cc1ccc2ccccc2n1)NC(=O)[C@H](CC(=O)OC(C)(C)C)NC(=O)OCc1ccccc1)C(=O)O. The Hall–Kier alpha value is -5.00. The summed E-state index contributed by atoms with van der Waals surface area (Å²) in [5, 5.41) is 18.0. The van der Waals surface area contributed by atoms with Gasteiger partial charge >= 0.3 is 18.0 Å². The quantitative estimate of drug-likeness (QED) is 0.209. The molecule has 0 spiro atoms. The van der Waals surface area contributed by atoms with E-state index in [0.717, 1.165) is 5.39 Å². The van der Waals surface area contributed by atoms with Crippen LogP contribution >= 0.6 is 0 Å². The number of carboxylic acids is 1. The van der Waals surface area contributed by atoms with Crippen LogP contribution in [-0.4, -0.2) is 63.7 Å². The van der Waals surface area contributed by atoms with Crippen molar-refractivity contribution in [2.24, 2.45) is 5.92 Å².